The van der Waals surface area contributed by atoms with Crippen LogP contribution in [0.2, 0.25) is 0 Å². The highest BCUT2D eigenvalue weighted by atomic mass is 16.6. The molecule has 4 rings (SSSR count). The zero-order chi connectivity index (χ0) is 21.1. The summed E-state index contributed by atoms with van der Waals surface area (Å²) in [7, 11) is -1.49. The van der Waals surface area contributed by atoms with E-state index in [0.29, 0.717) is 43.1 Å². The van der Waals surface area contributed by atoms with Crippen LogP contribution in [0.25, 0.3) is 0 Å². The lowest BCUT2D eigenvalue weighted by Crippen LogP contribution is -2.30. The highest BCUT2D eigenvalue weighted by Gasteiger charge is 2.33. The molecule has 1 fully saturated rings. The zero-order valence-electron chi connectivity index (χ0n) is 16.1. The molecule has 0 unspecified atom stereocenters. The molecule has 0 saturated carbocycles. The molecule has 0 bridgehead atoms. The number of fused-ring (bicyclic) bond motifs is 1. The first-order chi connectivity index (χ1) is 14.5. The number of ether oxygens (including phenoxy) is 2. The molecule has 0 radical (unpaired) electrons. The fraction of sp³-hybridized carbons (Fsp3) is 0.316. The second-order valence-corrected chi connectivity index (χ2v) is 7.05. The number of aromatic nitrogens is 1. The number of carbonyl (C=O) groups excluding carboxylic acids is 2. The van der Waals surface area contributed by atoms with Gasteiger partial charge in [0.1, 0.15) is 11.9 Å². The molecule has 3 heterocycles. The van der Waals surface area contributed by atoms with Crippen molar-refractivity contribution in [3.05, 3.63) is 42.0 Å². The van der Waals surface area contributed by atoms with Crippen LogP contribution in [0.4, 0.5) is 16.4 Å². The monoisotopic (exact) mass is 412 g/mol. The van der Waals surface area contributed by atoms with Gasteiger partial charge < -0.3 is 30.2 Å². The first-order valence-electron chi connectivity index (χ1n) is 9.57. The summed E-state index contributed by atoms with van der Waals surface area (Å²) in [4.78, 5) is 29.4. The number of rotatable bonds is 7. The van der Waals surface area contributed by atoms with Gasteiger partial charge >= 0.3 is 13.2 Å². The highest BCUT2D eigenvalue weighted by molar-refractivity contribution is 6.58. The minimum absolute atomic E-state index is 0.0558. The standard InChI is InChI=1S/C19H21BN4O6/c25-17-11-29-15-4-5-16(22-18(15)23-17)24-10-14(30-19(24)26)6-7-21-9-12-2-1-3-13(8-12)20(27)28/h1-5,8,14,21,27-28H,6-7,9-11H2,(H,22,23,25)/t14-/m1/s1. The largest absolute Gasteiger partial charge is 0.488 e. The number of hydrogen-bond acceptors (Lipinski definition) is 8. The third kappa shape index (κ3) is 4.53. The van der Waals surface area contributed by atoms with E-state index in [1.54, 1.807) is 30.3 Å². The van der Waals surface area contributed by atoms with Crippen molar-refractivity contribution in [1.29, 1.82) is 0 Å². The van der Waals surface area contributed by atoms with Gasteiger partial charge in [-0.25, -0.2) is 9.78 Å². The summed E-state index contributed by atoms with van der Waals surface area (Å²) in [5.41, 5.74) is 1.36. The van der Waals surface area contributed by atoms with Gasteiger partial charge in [0, 0.05) is 6.54 Å². The Balaban J connectivity index is 1.29. The molecular weight excluding hydrogens is 391 g/mol. The van der Waals surface area contributed by atoms with Crippen molar-refractivity contribution in [2.75, 3.05) is 29.9 Å². The Labute approximate surface area is 173 Å². The first kappa shape index (κ1) is 20.1. The van der Waals surface area contributed by atoms with E-state index < -0.39 is 13.2 Å². The van der Waals surface area contributed by atoms with Crippen LogP contribution in [0.1, 0.15) is 12.0 Å². The van der Waals surface area contributed by atoms with E-state index in [1.165, 1.54) is 4.90 Å². The smallest absolute Gasteiger partial charge is 0.480 e. The maximum absolute atomic E-state index is 12.3. The number of cyclic esters (lactones) is 1. The third-order valence-electron chi connectivity index (χ3n) is 4.83. The molecule has 2 amide bonds. The van der Waals surface area contributed by atoms with Crippen molar-refractivity contribution in [1.82, 2.24) is 10.3 Å². The number of anilines is 2. The molecule has 4 N–H and O–H groups in total. The summed E-state index contributed by atoms with van der Waals surface area (Å²) >= 11 is 0. The Morgan fingerprint density at radius 1 is 1.27 bits per heavy atom. The van der Waals surface area contributed by atoms with Crippen LogP contribution < -0.4 is 25.7 Å². The fourth-order valence-electron chi connectivity index (χ4n) is 3.32. The van der Waals surface area contributed by atoms with E-state index in [2.05, 4.69) is 15.6 Å². The average molecular weight is 412 g/mol. The molecule has 2 aromatic rings. The number of hydrogen-bond donors (Lipinski definition) is 4. The van der Waals surface area contributed by atoms with Gasteiger partial charge in [0.15, 0.2) is 18.2 Å². The van der Waals surface area contributed by atoms with Crippen molar-refractivity contribution in [3.8, 4) is 5.75 Å². The van der Waals surface area contributed by atoms with Crippen LogP contribution in [0.5, 0.6) is 5.75 Å². The Kier molecular flexibility index (Phi) is 5.84. The Morgan fingerprint density at radius 3 is 2.97 bits per heavy atom. The number of carbonyl (C=O) groups is 2. The van der Waals surface area contributed by atoms with Crippen LogP contribution in [0.15, 0.2) is 36.4 Å². The third-order valence-corrected chi connectivity index (χ3v) is 4.83. The van der Waals surface area contributed by atoms with Crippen molar-refractivity contribution < 1.29 is 29.1 Å². The summed E-state index contributed by atoms with van der Waals surface area (Å²) in [5.74, 6) is 0.847. The molecule has 2 aliphatic heterocycles. The minimum Gasteiger partial charge on any atom is -0.480 e. The normalized spacial score (nSPS) is 17.8. The SMILES string of the molecule is O=C1COc2ccc(N3C[C@@H](CCNCc4cccc(B(O)O)c4)OC3=O)nc2N1. The van der Waals surface area contributed by atoms with Gasteiger partial charge in [-0.15, -0.1) is 0 Å². The van der Waals surface area contributed by atoms with E-state index in [-0.39, 0.29) is 24.4 Å². The number of pyridine rings is 1. The number of benzene rings is 1. The lowest BCUT2D eigenvalue weighted by molar-refractivity contribution is -0.118. The molecule has 0 aliphatic carbocycles. The molecule has 10 nitrogen and oxygen atoms in total. The molecule has 0 spiro atoms. The topological polar surface area (TPSA) is 133 Å². The summed E-state index contributed by atoms with van der Waals surface area (Å²) in [6, 6.07) is 10.3. The lowest BCUT2D eigenvalue weighted by atomic mass is 9.80. The Bertz CT molecular complexity index is 956. The van der Waals surface area contributed by atoms with Crippen LogP contribution >= 0.6 is 0 Å². The Hall–Kier alpha value is -3.15. The summed E-state index contributed by atoms with van der Waals surface area (Å²) < 4.78 is 10.7. The summed E-state index contributed by atoms with van der Waals surface area (Å²) in [6.45, 7) is 1.46. The zero-order valence-corrected chi connectivity index (χ0v) is 16.1. The van der Waals surface area contributed by atoms with E-state index in [9.17, 15) is 19.6 Å². The van der Waals surface area contributed by atoms with Gasteiger partial charge in [-0.1, -0.05) is 24.3 Å². The van der Waals surface area contributed by atoms with Crippen molar-refractivity contribution >= 4 is 36.2 Å². The average Bonchev–Trinajstić information content (AvgIpc) is 3.11. The minimum atomic E-state index is -1.49. The summed E-state index contributed by atoms with van der Waals surface area (Å²) in [5, 5.41) is 24.3. The molecule has 1 saturated heterocycles. The first-order valence-corrected chi connectivity index (χ1v) is 9.57. The maximum atomic E-state index is 12.3. The second-order valence-electron chi connectivity index (χ2n) is 7.05. The van der Waals surface area contributed by atoms with Crippen molar-refractivity contribution in [3.63, 3.8) is 0 Å². The van der Waals surface area contributed by atoms with Gasteiger partial charge in [-0.05, 0) is 36.1 Å². The molecule has 1 aromatic carbocycles. The summed E-state index contributed by atoms with van der Waals surface area (Å²) in [6.07, 6.45) is -0.172. The molecule has 1 atom stereocenters. The van der Waals surface area contributed by atoms with Crippen molar-refractivity contribution in [2.24, 2.45) is 0 Å². The molecule has 156 valence electrons. The van der Waals surface area contributed by atoms with Gasteiger partial charge in [0.05, 0.1) is 6.54 Å². The quantitative estimate of drug-likeness (QED) is 0.357. The van der Waals surface area contributed by atoms with Crippen LogP contribution in [0.3, 0.4) is 0 Å². The lowest BCUT2D eigenvalue weighted by Gasteiger charge is -2.19. The van der Waals surface area contributed by atoms with E-state index in [1.807, 2.05) is 6.07 Å². The van der Waals surface area contributed by atoms with E-state index in [0.717, 1.165) is 5.56 Å². The molecule has 11 heteroatoms. The highest BCUT2D eigenvalue weighted by Crippen LogP contribution is 2.30. The fourth-order valence-corrected chi connectivity index (χ4v) is 3.32. The van der Waals surface area contributed by atoms with Crippen LogP contribution in [-0.2, 0) is 16.1 Å². The van der Waals surface area contributed by atoms with E-state index in [4.69, 9.17) is 9.47 Å². The van der Waals surface area contributed by atoms with Crippen LogP contribution in [-0.4, -0.2) is 60.0 Å². The predicted octanol–water partition coefficient (Wildman–Crippen LogP) is -0.403. The molecule has 30 heavy (non-hydrogen) atoms. The maximum Gasteiger partial charge on any atom is 0.488 e. The molecule has 1 aromatic heterocycles. The van der Waals surface area contributed by atoms with E-state index >= 15 is 0 Å². The van der Waals surface area contributed by atoms with Crippen LogP contribution in [0, 0.1) is 0 Å². The second kappa shape index (κ2) is 8.70. The van der Waals surface area contributed by atoms with Gasteiger partial charge in [-0.3, -0.25) is 9.69 Å². The molecule has 2 aliphatic rings. The van der Waals surface area contributed by atoms with Gasteiger partial charge in [-0.2, -0.15) is 0 Å². The van der Waals surface area contributed by atoms with Gasteiger partial charge in [0.2, 0.25) is 0 Å². The van der Waals surface area contributed by atoms with Crippen molar-refractivity contribution in [2.45, 2.75) is 19.1 Å². The number of amides is 2. The Morgan fingerprint density at radius 2 is 2.13 bits per heavy atom. The number of nitrogens with zero attached hydrogens (tertiary/aromatic N) is 2. The van der Waals surface area contributed by atoms with Gasteiger partial charge in [0.25, 0.3) is 5.91 Å². The molecular formula is C19H21BN4O6. The number of nitrogens with one attached hydrogen (secondary N) is 2. The predicted molar refractivity (Wildman–Crippen MR) is 109 cm³/mol.